The second-order valence-corrected chi connectivity index (χ2v) is 7.26. The molecule has 0 saturated heterocycles. The Hall–Kier alpha value is -2.24. The molecule has 0 aliphatic carbocycles. The minimum absolute atomic E-state index is 0.0866. The first-order valence-corrected chi connectivity index (χ1v) is 8.88. The maximum Gasteiger partial charge on any atom is 0.251 e. The number of nitrogens with one attached hydrogen (secondary N) is 1. The summed E-state index contributed by atoms with van der Waals surface area (Å²) in [5.41, 5.74) is 2.18. The Kier molecular flexibility index (Phi) is 6.89. The van der Waals surface area contributed by atoms with E-state index in [1.165, 1.54) is 11.6 Å². The highest BCUT2D eigenvalue weighted by atomic mass is 19.1. The van der Waals surface area contributed by atoms with Gasteiger partial charge in [-0.05, 0) is 30.2 Å². The second-order valence-electron chi connectivity index (χ2n) is 7.26. The number of rotatable bonds is 8. The quantitative estimate of drug-likeness (QED) is 0.712. The highest BCUT2D eigenvalue weighted by Crippen LogP contribution is 2.20. The molecule has 140 valence electrons. The first-order chi connectivity index (χ1) is 12.3. The van der Waals surface area contributed by atoms with Gasteiger partial charge in [-0.3, -0.25) is 4.79 Å². The van der Waals surface area contributed by atoms with Crippen LogP contribution in [0, 0.1) is 5.82 Å². The van der Waals surface area contributed by atoms with Gasteiger partial charge in [-0.25, -0.2) is 4.39 Å². The van der Waals surface area contributed by atoms with E-state index in [0.29, 0.717) is 22.2 Å². The second kappa shape index (κ2) is 8.92. The van der Waals surface area contributed by atoms with Gasteiger partial charge in [-0.1, -0.05) is 30.3 Å². The molecule has 2 rings (SSSR count). The van der Waals surface area contributed by atoms with E-state index in [2.05, 4.69) is 5.32 Å². The fraction of sp³-hybridized carbons (Fsp3) is 0.381. The Morgan fingerprint density at radius 1 is 1.15 bits per heavy atom. The lowest BCUT2D eigenvalue weighted by atomic mass is 10.1. The number of likely N-dealkylation sites (N-methyl/N-ethyl adjacent to an activating group) is 1. The standard InChI is InChI=1S/C21H27FN2O2/c1-23-21(26)17-12-10-16(11-13-17)7-6-14-24(2,3)15-20(25)18-8-4-5-9-19(18)22/h4-5,8-13,20,25H,6-7,14-15H2,1-3H3/p+1. The SMILES string of the molecule is CNC(=O)c1ccc(CCC[N+](C)(C)CC(O)c2ccccc2F)cc1. The van der Waals surface area contributed by atoms with Crippen LogP contribution < -0.4 is 5.32 Å². The summed E-state index contributed by atoms with van der Waals surface area (Å²) in [5.74, 6) is -0.451. The fourth-order valence-electron chi connectivity index (χ4n) is 3.08. The zero-order valence-electron chi connectivity index (χ0n) is 15.7. The molecule has 0 aliphatic heterocycles. The van der Waals surface area contributed by atoms with Gasteiger partial charge in [0.15, 0.2) is 0 Å². The molecule has 0 radical (unpaired) electrons. The number of aryl methyl sites for hydroxylation is 1. The lowest BCUT2D eigenvalue weighted by Gasteiger charge is -2.32. The summed E-state index contributed by atoms with van der Waals surface area (Å²) in [4.78, 5) is 11.5. The fourth-order valence-corrected chi connectivity index (χ4v) is 3.08. The third-order valence-electron chi connectivity index (χ3n) is 4.60. The van der Waals surface area contributed by atoms with Crippen molar-refractivity contribution in [3.63, 3.8) is 0 Å². The molecule has 2 aromatic carbocycles. The maximum atomic E-state index is 13.8. The van der Waals surface area contributed by atoms with Gasteiger partial charge in [-0.15, -0.1) is 0 Å². The summed E-state index contributed by atoms with van der Waals surface area (Å²) in [7, 11) is 5.70. The number of amides is 1. The van der Waals surface area contributed by atoms with Crippen molar-refractivity contribution in [3.05, 3.63) is 71.0 Å². The van der Waals surface area contributed by atoms with E-state index in [4.69, 9.17) is 0 Å². The number of halogens is 1. The van der Waals surface area contributed by atoms with Gasteiger partial charge in [0.1, 0.15) is 18.5 Å². The van der Waals surface area contributed by atoms with Crippen LogP contribution in [-0.2, 0) is 6.42 Å². The number of carbonyl (C=O) groups excluding carboxylic acids is 1. The average Bonchev–Trinajstić information content (AvgIpc) is 2.61. The Morgan fingerprint density at radius 3 is 2.42 bits per heavy atom. The number of hydrogen-bond acceptors (Lipinski definition) is 2. The minimum atomic E-state index is -0.821. The van der Waals surface area contributed by atoms with Gasteiger partial charge in [-0.2, -0.15) is 0 Å². The molecule has 2 aromatic rings. The Balaban J connectivity index is 1.86. The van der Waals surface area contributed by atoms with E-state index in [-0.39, 0.29) is 11.7 Å². The van der Waals surface area contributed by atoms with Gasteiger partial charge in [0.05, 0.1) is 20.6 Å². The molecule has 1 atom stereocenters. The summed E-state index contributed by atoms with van der Waals surface area (Å²) in [6, 6.07) is 14.0. The van der Waals surface area contributed by atoms with E-state index in [0.717, 1.165) is 19.4 Å². The van der Waals surface area contributed by atoms with Crippen LogP contribution in [0.1, 0.15) is 34.0 Å². The minimum Gasteiger partial charge on any atom is -0.382 e. The number of quaternary nitrogens is 1. The van der Waals surface area contributed by atoms with Crippen molar-refractivity contribution in [2.45, 2.75) is 18.9 Å². The van der Waals surface area contributed by atoms with Crippen molar-refractivity contribution in [2.75, 3.05) is 34.2 Å². The van der Waals surface area contributed by atoms with Crippen LogP contribution in [0.25, 0.3) is 0 Å². The van der Waals surface area contributed by atoms with E-state index in [1.807, 2.05) is 38.4 Å². The molecule has 0 saturated carbocycles. The molecule has 2 N–H and O–H groups in total. The van der Waals surface area contributed by atoms with E-state index >= 15 is 0 Å². The third-order valence-corrected chi connectivity index (χ3v) is 4.60. The summed E-state index contributed by atoms with van der Waals surface area (Å²) < 4.78 is 14.4. The molecule has 0 heterocycles. The van der Waals surface area contributed by atoms with Crippen molar-refractivity contribution >= 4 is 5.91 Å². The number of nitrogens with zero attached hydrogens (tertiary/aromatic N) is 1. The lowest BCUT2D eigenvalue weighted by Crippen LogP contribution is -2.43. The van der Waals surface area contributed by atoms with Gasteiger partial charge in [0, 0.05) is 24.6 Å². The van der Waals surface area contributed by atoms with Crippen molar-refractivity contribution in [1.29, 1.82) is 0 Å². The molecule has 1 unspecified atom stereocenters. The number of aliphatic hydroxyl groups is 1. The summed E-state index contributed by atoms with van der Waals surface area (Å²) in [6.07, 6.45) is 1.01. The molecule has 0 fully saturated rings. The smallest absolute Gasteiger partial charge is 0.251 e. The summed E-state index contributed by atoms with van der Waals surface area (Å²) >= 11 is 0. The topological polar surface area (TPSA) is 49.3 Å². The largest absolute Gasteiger partial charge is 0.382 e. The predicted octanol–water partition coefficient (Wildman–Crippen LogP) is 2.93. The lowest BCUT2D eigenvalue weighted by molar-refractivity contribution is -0.894. The molecule has 0 bridgehead atoms. The summed E-state index contributed by atoms with van der Waals surface area (Å²) in [5, 5.41) is 13.0. The van der Waals surface area contributed by atoms with Crippen LogP contribution in [0.3, 0.4) is 0 Å². The summed E-state index contributed by atoms with van der Waals surface area (Å²) in [6.45, 7) is 1.32. The van der Waals surface area contributed by atoms with Crippen LogP contribution >= 0.6 is 0 Å². The third kappa shape index (κ3) is 5.64. The number of hydrogen-bond donors (Lipinski definition) is 2. The van der Waals surface area contributed by atoms with Crippen LogP contribution in [0.5, 0.6) is 0 Å². The number of carbonyl (C=O) groups is 1. The first kappa shape index (κ1) is 20.1. The van der Waals surface area contributed by atoms with E-state index in [1.54, 1.807) is 25.2 Å². The van der Waals surface area contributed by atoms with Crippen molar-refractivity contribution in [3.8, 4) is 0 Å². The van der Waals surface area contributed by atoms with Gasteiger partial charge in [0.2, 0.25) is 0 Å². The van der Waals surface area contributed by atoms with Crippen molar-refractivity contribution < 1.29 is 18.8 Å². The van der Waals surface area contributed by atoms with Crippen molar-refractivity contribution in [2.24, 2.45) is 0 Å². The monoisotopic (exact) mass is 359 g/mol. The molecule has 26 heavy (non-hydrogen) atoms. The number of benzene rings is 2. The Morgan fingerprint density at radius 2 is 1.81 bits per heavy atom. The van der Waals surface area contributed by atoms with Gasteiger partial charge < -0.3 is 14.9 Å². The Bertz CT molecular complexity index is 729. The molecule has 4 nitrogen and oxygen atoms in total. The van der Waals surface area contributed by atoms with Crippen LogP contribution in [0.4, 0.5) is 4.39 Å². The van der Waals surface area contributed by atoms with Gasteiger partial charge in [0.25, 0.3) is 5.91 Å². The van der Waals surface area contributed by atoms with Crippen LogP contribution in [0.2, 0.25) is 0 Å². The molecule has 0 aromatic heterocycles. The zero-order valence-corrected chi connectivity index (χ0v) is 15.7. The molecular weight excluding hydrogens is 331 g/mol. The molecule has 0 spiro atoms. The van der Waals surface area contributed by atoms with Crippen molar-refractivity contribution in [1.82, 2.24) is 5.32 Å². The Labute approximate surface area is 154 Å². The molecular formula is C21H28FN2O2+. The molecule has 0 aliphatic rings. The van der Waals surface area contributed by atoms with E-state index in [9.17, 15) is 14.3 Å². The number of aliphatic hydroxyl groups excluding tert-OH is 1. The van der Waals surface area contributed by atoms with Gasteiger partial charge >= 0.3 is 0 Å². The highest BCUT2D eigenvalue weighted by Gasteiger charge is 2.23. The normalized spacial score (nSPS) is 12.7. The first-order valence-electron chi connectivity index (χ1n) is 8.88. The predicted molar refractivity (Wildman–Crippen MR) is 101 cm³/mol. The van der Waals surface area contributed by atoms with Crippen LogP contribution in [-0.4, -0.2) is 49.7 Å². The maximum absolute atomic E-state index is 13.8. The average molecular weight is 359 g/mol. The van der Waals surface area contributed by atoms with Crippen LogP contribution in [0.15, 0.2) is 48.5 Å². The zero-order chi connectivity index (χ0) is 19.2. The molecule has 5 heteroatoms. The van der Waals surface area contributed by atoms with E-state index < -0.39 is 6.10 Å². The highest BCUT2D eigenvalue weighted by molar-refractivity contribution is 5.93. The molecule has 1 amide bonds.